The number of phenols is 1. The summed E-state index contributed by atoms with van der Waals surface area (Å²) in [6, 6.07) is 22.5. The monoisotopic (exact) mass is 357 g/mol. The van der Waals surface area contributed by atoms with Crippen molar-refractivity contribution in [2.24, 2.45) is 0 Å². The zero-order chi connectivity index (χ0) is 19.1. The van der Waals surface area contributed by atoms with E-state index in [-0.39, 0.29) is 11.3 Å². The van der Waals surface area contributed by atoms with Crippen molar-refractivity contribution in [2.75, 3.05) is 11.9 Å². The van der Waals surface area contributed by atoms with E-state index in [0.717, 1.165) is 22.0 Å². The molecule has 0 aromatic heterocycles. The van der Waals surface area contributed by atoms with Crippen LogP contribution in [0.3, 0.4) is 0 Å². The Hall–Kier alpha value is -3.78. The maximum atomic E-state index is 12.2. The van der Waals surface area contributed by atoms with Gasteiger partial charge in [0.25, 0.3) is 5.91 Å². The van der Waals surface area contributed by atoms with E-state index in [0.29, 0.717) is 13.0 Å². The molecule has 5 heteroatoms. The maximum absolute atomic E-state index is 12.2. The zero-order valence-electron chi connectivity index (χ0n) is 14.6. The number of rotatable bonds is 6. The van der Waals surface area contributed by atoms with Crippen molar-refractivity contribution in [1.82, 2.24) is 5.32 Å². The minimum atomic E-state index is -0.426. The maximum Gasteiger partial charge on any atom is 0.263 e. The van der Waals surface area contributed by atoms with Crippen LogP contribution in [0.25, 0.3) is 10.8 Å². The van der Waals surface area contributed by atoms with Crippen LogP contribution >= 0.6 is 0 Å². The topological polar surface area (TPSA) is 85.2 Å². The first-order valence-corrected chi connectivity index (χ1v) is 8.57. The quantitative estimate of drug-likeness (QED) is 0.464. The Balaban J connectivity index is 1.58. The molecule has 0 aliphatic carbocycles. The lowest BCUT2D eigenvalue weighted by molar-refractivity contribution is -0.117. The lowest BCUT2D eigenvalue weighted by Gasteiger charge is -2.06. The van der Waals surface area contributed by atoms with Gasteiger partial charge >= 0.3 is 0 Å². The number of hydrogen-bond acceptors (Lipinski definition) is 4. The molecule has 3 rings (SSSR count). The van der Waals surface area contributed by atoms with Crippen molar-refractivity contribution in [2.45, 2.75) is 6.42 Å². The van der Waals surface area contributed by atoms with E-state index in [1.54, 1.807) is 24.3 Å². The fraction of sp³-hybridized carbons (Fsp3) is 0.0909. The van der Waals surface area contributed by atoms with Gasteiger partial charge in [-0.3, -0.25) is 4.79 Å². The number of aromatic hydroxyl groups is 1. The fourth-order valence-corrected chi connectivity index (χ4v) is 2.66. The summed E-state index contributed by atoms with van der Waals surface area (Å²) in [5.74, 6) is -0.221. The van der Waals surface area contributed by atoms with Crippen LogP contribution in [0.5, 0.6) is 5.75 Å². The normalized spacial score (nSPS) is 11.0. The van der Waals surface area contributed by atoms with Crippen LogP contribution in [0.4, 0.5) is 5.69 Å². The van der Waals surface area contributed by atoms with Gasteiger partial charge in [-0.1, -0.05) is 42.5 Å². The molecular weight excluding hydrogens is 338 g/mol. The molecule has 3 aromatic carbocycles. The summed E-state index contributed by atoms with van der Waals surface area (Å²) in [4.78, 5) is 12.2. The third-order valence-electron chi connectivity index (χ3n) is 4.13. The predicted octanol–water partition coefficient (Wildman–Crippen LogP) is 3.72. The number of carbonyl (C=O) groups excluding carboxylic acids is 1. The molecule has 1 amide bonds. The van der Waals surface area contributed by atoms with Crippen molar-refractivity contribution in [3.8, 4) is 11.8 Å². The molecule has 0 fully saturated rings. The Bertz CT molecular complexity index is 1020. The Labute approximate surface area is 157 Å². The number of hydrogen-bond donors (Lipinski definition) is 3. The Morgan fingerprint density at radius 1 is 1.04 bits per heavy atom. The predicted molar refractivity (Wildman–Crippen MR) is 106 cm³/mol. The average molecular weight is 357 g/mol. The molecule has 0 aliphatic heterocycles. The zero-order valence-corrected chi connectivity index (χ0v) is 14.6. The van der Waals surface area contributed by atoms with Gasteiger partial charge in [-0.05, 0) is 47.0 Å². The van der Waals surface area contributed by atoms with Gasteiger partial charge in [0.2, 0.25) is 0 Å². The largest absolute Gasteiger partial charge is 0.508 e. The van der Waals surface area contributed by atoms with E-state index in [1.165, 1.54) is 6.20 Å². The van der Waals surface area contributed by atoms with Crippen LogP contribution in [0.1, 0.15) is 5.56 Å². The minimum Gasteiger partial charge on any atom is -0.508 e. The van der Waals surface area contributed by atoms with Crippen molar-refractivity contribution in [3.63, 3.8) is 0 Å². The Morgan fingerprint density at radius 2 is 1.78 bits per heavy atom. The third kappa shape index (κ3) is 4.86. The second-order valence-corrected chi connectivity index (χ2v) is 6.05. The van der Waals surface area contributed by atoms with Gasteiger partial charge in [0.05, 0.1) is 0 Å². The lowest BCUT2D eigenvalue weighted by Crippen LogP contribution is -2.27. The number of benzene rings is 3. The first-order chi connectivity index (χ1) is 13.2. The Morgan fingerprint density at radius 3 is 2.52 bits per heavy atom. The molecule has 3 aromatic rings. The fourth-order valence-electron chi connectivity index (χ4n) is 2.66. The van der Waals surface area contributed by atoms with Crippen molar-refractivity contribution in [3.05, 3.63) is 84.1 Å². The van der Waals surface area contributed by atoms with E-state index < -0.39 is 5.91 Å². The van der Waals surface area contributed by atoms with Crippen molar-refractivity contribution >= 4 is 22.4 Å². The molecule has 0 radical (unpaired) electrons. The van der Waals surface area contributed by atoms with Gasteiger partial charge in [-0.25, -0.2) is 0 Å². The lowest BCUT2D eigenvalue weighted by atomic mass is 10.1. The first kappa shape index (κ1) is 18.0. The Kier molecular flexibility index (Phi) is 5.70. The van der Waals surface area contributed by atoms with Crippen molar-refractivity contribution < 1.29 is 9.90 Å². The number of amides is 1. The van der Waals surface area contributed by atoms with Crippen LogP contribution in [0, 0.1) is 11.3 Å². The molecule has 0 spiro atoms. The van der Waals surface area contributed by atoms with E-state index in [4.69, 9.17) is 0 Å². The molecule has 0 aliphatic rings. The van der Waals surface area contributed by atoms with Crippen LogP contribution in [-0.4, -0.2) is 17.6 Å². The average Bonchev–Trinajstić information content (AvgIpc) is 2.70. The molecule has 0 bridgehead atoms. The van der Waals surface area contributed by atoms with Gasteiger partial charge in [0.1, 0.15) is 17.4 Å². The molecule has 0 saturated carbocycles. The molecule has 3 N–H and O–H groups in total. The van der Waals surface area contributed by atoms with Crippen LogP contribution in [0.2, 0.25) is 0 Å². The summed E-state index contributed by atoms with van der Waals surface area (Å²) in [6.45, 7) is 0.401. The summed E-state index contributed by atoms with van der Waals surface area (Å²) in [6.07, 6.45) is 2.03. The smallest absolute Gasteiger partial charge is 0.263 e. The molecule has 0 atom stereocenters. The minimum absolute atomic E-state index is 0.00821. The highest BCUT2D eigenvalue weighted by atomic mass is 16.3. The van der Waals surface area contributed by atoms with E-state index in [2.05, 4.69) is 10.6 Å². The molecule has 0 heterocycles. The molecule has 134 valence electrons. The van der Waals surface area contributed by atoms with Gasteiger partial charge < -0.3 is 15.7 Å². The SMILES string of the molecule is N#C/C(=C/Nc1ccc2ccccc2c1)C(=O)NCCc1ccc(O)cc1. The number of phenolic OH excluding ortho intramolecular Hbond substituents is 1. The molecule has 0 saturated heterocycles. The van der Waals surface area contributed by atoms with Gasteiger partial charge in [0, 0.05) is 18.4 Å². The summed E-state index contributed by atoms with van der Waals surface area (Å²) in [5, 5.41) is 26.5. The number of nitrogens with zero attached hydrogens (tertiary/aromatic N) is 1. The molecule has 5 nitrogen and oxygen atoms in total. The van der Waals surface area contributed by atoms with Gasteiger partial charge in [-0.2, -0.15) is 5.26 Å². The highest BCUT2D eigenvalue weighted by Gasteiger charge is 2.08. The number of carbonyl (C=O) groups is 1. The van der Waals surface area contributed by atoms with Gasteiger partial charge in [-0.15, -0.1) is 0 Å². The summed E-state index contributed by atoms with van der Waals surface area (Å²) in [7, 11) is 0. The second-order valence-electron chi connectivity index (χ2n) is 6.05. The highest BCUT2D eigenvalue weighted by molar-refractivity contribution is 5.97. The summed E-state index contributed by atoms with van der Waals surface area (Å²) in [5.41, 5.74) is 1.80. The van der Waals surface area contributed by atoms with E-state index in [9.17, 15) is 15.2 Å². The third-order valence-corrected chi connectivity index (χ3v) is 4.13. The van der Waals surface area contributed by atoms with Crippen LogP contribution in [-0.2, 0) is 11.2 Å². The number of nitriles is 1. The van der Waals surface area contributed by atoms with Crippen molar-refractivity contribution in [1.29, 1.82) is 5.26 Å². The highest BCUT2D eigenvalue weighted by Crippen LogP contribution is 2.19. The number of nitrogens with one attached hydrogen (secondary N) is 2. The van der Waals surface area contributed by atoms with Crippen LogP contribution in [0.15, 0.2) is 78.5 Å². The molecular formula is C22H19N3O2. The number of fused-ring (bicyclic) bond motifs is 1. The standard InChI is InChI=1S/C22H19N3O2/c23-14-19(22(27)24-12-11-16-5-9-21(26)10-6-16)15-25-20-8-7-17-3-1-2-4-18(17)13-20/h1-10,13,15,25-26H,11-12H2,(H,24,27)/b19-15-. The molecule has 0 unspecified atom stereocenters. The van der Waals surface area contributed by atoms with E-state index >= 15 is 0 Å². The summed E-state index contributed by atoms with van der Waals surface area (Å²) >= 11 is 0. The summed E-state index contributed by atoms with van der Waals surface area (Å²) < 4.78 is 0. The molecule has 27 heavy (non-hydrogen) atoms. The first-order valence-electron chi connectivity index (χ1n) is 8.57. The number of anilines is 1. The van der Waals surface area contributed by atoms with E-state index in [1.807, 2.05) is 48.5 Å². The van der Waals surface area contributed by atoms with Crippen LogP contribution < -0.4 is 10.6 Å². The van der Waals surface area contributed by atoms with Gasteiger partial charge in [0.15, 0.2) is 0 Å². The second kappa shape index (κ2) is 8.54.